The Morgan fingerprint density at radius 2 is 2.18 bits per heavy atom. The molecule has 0 unspecified atom stereocenters. The van der Waals surface area contributed by atoms with Gasteiger partial charge in [-0.15, -0.1) is 0 Å². The number of nitrogens with zero attached hydrogens (tertiary/aromatic N) is 1. The highest BCUT2D eigenvalue weighted by atomic mass is 35.5. The van der Waals surface area contributed by atoms with Crippen LogP contribution in [0.3, 0.4) is 0 Å². The number of aryl methyl sites for hydroxylation is 1. The van der Waals surface area contributed by atoms with Crippen LogP contribution in [0, 0.1) is 0 Å². The number of hydrogen-bond acceptors (Lipinski definition) is 3. The van der Waals surface area contributed by atoms with E-state index in [-0.39, 0.29) is 0 Å². The lowest BCUT2D eigenvalue weighted by molar-refractivity contribution is 0.0636. The molecule has 1 heterocycles. The lowest BCUT2D eigenvalue weighted by Gasteiger charge is -2.19. The summed E-state index contributed by atoms with van der Waals surface area (Å²) in [4.78, 5) is 15.6. The van der Waals surface area contributed by atoms with Gasteiger partial charge in [0, 0.05) is 0 Å². The molecule has 0 fully saturated rings. The van der Waals surface area contributed by atoms with E-state index in [9.17, 15) is 4.79 Å². The zero-order valence-corrected chi connectivity index (χ0v) is 11.3. The molecule has 4 nitrogen and oxygen atoms in total. The molecule has 0 aliphatic heterocycles. The maximum Gasteiger partial charge on any atom is 0.412 e. The van der Waals surface area contributed by atoms with Crippen molar-refractivity contribution in [3.05, 3.63) is 23.0 Å². The summed E-state index contributed by atoms with van der Waals surface area (Å²) in [6.07, 6.45) is 1.81. The van der Waals surface area contributed by atoms with Gasteiger partial charge in [0.05, 0.1) is 22.6 Å². The predicted octanol–water partition coefficient (Wildman–Crippen LogP) is 3.64. The first-order chi connectivity index (χ1) is 7.81. The van der Waals surface area contributed by atoms with Crippen LogP contribution in [-0.2, 0) is 11.2 Å². The van der Waals surface area contributed by atoms with Gasteiger partial charge in [-0.1, -0.05) is 18.5 Å². The van der Waals surface area contributed by atoms with Crippen LogP contribution >= 0.6 is 11.6 Å². The molecule has 0 aliphatic carbocycles. The predicted molar refractivity (Wildman–Crippen MR) is 68.5 cm³/mol. The van der Waals surface area contributed by atoms with Crippen molar-refractivity contribution in [1.29, 1.82) is 0 Å². The summed E-state index contributed by atoms with van der Waals surface area (Å²) in [5, 5.41) is 3.13. The number of carbonyl (C=O) groups excluding carboxylic acids is 1. The Bertz CT molecular complexity index is 413. The molecule has 0 radical (unpaired) electrons. The van der Waals surface area contributed by atoms with Crippen molar-refractivity contribution in [1.82, 2.24) is 4.98 Å². The van der Waals surface area contributed by atoms with Gasteiger partial charge in [-0.2, -0.15) is 0 Å². The molecule has 1 rings (SSSR count). The molecule has 1 amide bonds. The van der Waals surface area contributed by atoms with E-state index in [0.717, 1.165) is 12.1 Å². The van der Waals surface area contributed by atoms with Crippen molar-refractivity contribution in [3.63, 3.8) is 0 Å². The van der Waals surface area contributed by atoms with Crippen LogP contribution in [-0.4, -0.2) is 16.7 Å². The molecule has 1 aromatic rings. The maximum absolute atomic E-state index is 11.5. The number of hydrogen-bond donors (Lipinski definition) is 1. The van der Waals surface area contributed by atoms with Gasteiger partial charge in [-0.25, -0.2) is 4.79 Å². The second-order valence-corrected chi connectivity index (χ2v) is 5.04. The molecule has 0 bridgehead atoms. The first-order valence-electron chi connectivity index (χ1n) is 5.46. The Hall–Kier alpha value is -1.29. The third kappa shape index (κ3) is 4.61. The molecule has 94 valence electrons. The third-order valence-electron chi connectivity index (χ3n) is 1.90. The van der Waals surface area contributed by atoms with E-state index in [0.29, 0.717) is 10.7 Å². The van der Waals surface area contributed by atoms with E-state index in [4.69, 9.17) is 16.3 Å². The molecule has 0 saturated carbocycles. The average molecular weight is 257 g/mol. The quantitative estimate of drug-likeness (QED) is 0.879. The Kier molecular flexibility index (Phi) is 4.34. The summed E-state index contributed by atoms with van der Waals surface area (Å²) in [6.45, 7) is 7.38. The number of nitrogens with one attached hydrogen (secondary N) is 1. The lowest BCUT2D eigenvalue weighted by Crippen LogP contribution is -2.27. The number of ether oxygens (including phenoxy) is 1. The largest absolute Gasteiger partial charge is 0.444 e. The summed E-state index contributed by atoms with van der Waals surface area (Å²) in [6, 6.07) is 1.66. The summed E-state index contributed by atoms with van der Waals surface area (Å²) < 4.78 is 5.12. The number of rotatable bonds is 2. The highest BCUT2D eigenvalue weighted by molar-refractivity contribution is 6.31. The molecule has 5 heteroatoms. The molecule has 0 aromatic carbocycles. The van der Waals surface area contributed by atoms with Gasteiger partial charge in [0.1, 0.15) is 5.60 Å². The molecule has 1 aromatic heterocycles. The first-order valence-corrected chi connectivity index (χ1v) is 5.84. The number of anilines is 1. The van der Waals surface area contributed by atoms with Crippen LogP contribution in [0.5, 0.6) is 0 Å². The average Bonchev–Trinajstić information content (AvgIpc) is 2.14. The highest BCUT2D eigenvalue weighted by Crippen LogP contribution is 2.19. The summed E-state index contributed by atoms with van der Waals surface area (Å²) in [5.74, 6) is 0. The van der Waals surface area contributed by atoms with E-state index in [1.54, 1.807) is 33.0 Å². The Morgan fingerprint density at radius 1 is 1.53 bits per heavy atom. The minimum Gasteiger partial charge on any atom is -0.444 e. The minimum atomic E-state index is -0.523. The second kappa shape index (κ2) is 5.36. The number of pyridine rings is 1. The van der Waals surface area contributed by atoms with Crippen LogP contribution in [0.2, 0.25) is 5.02 Å². The molecule has 17 heavy (non-hydrogen) atoms. The fraction of sp³-hybridized carbons (Fsp3) is 0.500. The van der Waals surface area contributed by atoms with Crippen molar-refractivity contribution >= 4 is 23.4 Å². The van der Waals surface area contributed by atoms with Gasteiger partial charge in [0.2, 0.25) is 0 Å². The monoisotopic (exact) mass is 256 g/mol. The fourth-order valence-electron chi connectivity index (χ4n) is 1.22. The number of carbonyl (C=O) groups is 1. The smallest absolute Gasteiger partial charge is 0.412 e. The topological polar surface area (TPSA) is 51.2 Å². The second-order valence-electron chi connectivity index (χ2n) is 4.63. The molecule has 0 atom stereocenters. The Balaban J connectivity index is 2.69. The number of aromatic nitrogens is 1. The van der Waals surface area contributed by atoms with Crippen molar-refractivity contribution in [2.75, 3.05) is 5.32 Å². The maximum atomic E-state index is 11.5. The molecule has 0 aliphatic rings. The van der Waals surface area contributed by atoms with E-state index in [1.165, 1.54) is 0 Å². The van der Waals surface area contributed by atoms with Crippen LogP contribution in [0.4, 0.5) is 10.5 Å². The van der Waals surface area contributed by atoms with Gasteiger partial charge < -0.3 is 4.74 Å². The van der Waals surface area contributed by atoms with E-state index < -0.39 is 11.7 Å². The summed E-state index contributed by atoms with van der Waals surface area (Å²) >= 11 is 5.99. The van der Waals surface area contributed by atoms with Gasteiger partial charge in [0.25, 0.3) is 0 Å². The molecule has 1 N–H and O–H groups in total. The van der Waals surface area contributed by atoms with Gasteiger partial charge in [0.15, 0.2) is 0 Å². The highest BCUT2D eigenvalue weighted by Gasteiger charge is 2.16. The van der Waals surface area contributed by atoms with Crippen LogP contribution < -0.4 is 5.32 Å². The molecular weight excluding hydrogens is 240 g/mol. The van der Waals surface area contributed by atoms with Crippen LogP contribution in [0.15, 0.2) is 12.3 Å². The number of halogens is 1. The van der Waals surface area contributed by atoms with E-state index >= 15 is 0 Å². The third-order valence-corrected chi connectivity index (χ3v) is 2.22. The van der Waals surface area contributed by atoms with E-state index in [1.807, 2.05) is 6.92 Å². The van der Waals surface area contributed by atoms with E-state index in [2.05, 4.69) is 10.3 Å². The normalized spacial score (nSPS) is 11.1. The van der Waals surface area contributed by atoms with Crippen molar-refractivity contribution in [2.24, 2.45) is 0 Å². The molecule has 0 spiro atoms. The SMILES string of the molecule is CCc1ncc(NC(=O)OC(C)(C)C)cc1Cl. The van der Waals surface area contributed by atoms with Crippen molar-refractivity contribution < 1.29 is 9.53 Å². The Labute approximate surface area is 106 Å². The first kappa shape index (κ1) is 13.8. The molecular formula is C12H17ClN2O2. The molecule has 0 saturated heterocycles. The number of amides is 1. The van der Waals surface area contributed by atoms with Crippen LogP contribution in [0.25, 0.3) is 0 Å². The zero-order chi connectivity index (χ0) is 13.1. The standard InChI is InChI=1S/C12H17ClN2O2/c1-5-10-9(13)6-8(7-14-10)15-11(16)17-12(2,3)4/h6-7H,5H2,1-4H3,(H,15,16). The van der Waals surface area contributed by atoms with Crippen molar-refractivity contribution in [2.45, 2.75) is 39.7 Å². The van der Waals surface area contributed by atoms with Crippen LogP contribution in [0.1, 0.15) is 33.4 Å². The summed E-state index contributed by atoms with van der Waals surface area (Å²) in [5.41, 5.74) is 0.813. The summed E-state index contributed by atoms with van der Waals surface area (Å²) in [7, 11) is 0. The Morgan fingerprint density at radius 3 is 2.65 bits per heavy atom. The van der Waals surface area contributed by atoms with Gasteiger partial charge >= 0.3 is 6.09 Å². The zero-order valence-electron chi connectivity index (χ0n) is 10.5. The van der Waals surface area contributed by atoms with Crippen molar-refractivity contribution in [3.8, 4) is 0 Å². The lowest BCUT2D eigenvalue weighted by atomic mass is 10.2. The fourth-order valence-corrected chi connectivity index (χ4v) is 1.52. The van der Waals surface area contributed by atoms with Gasteiger partial charge in [-0.05, 0) is 33.3 Å². The minimum absolute atomic E-state index is 0.514. The van der Waals surface area contributed by atoms with Gasteiger partial charge in [-0.3, -0.25) is 10.3 Å².